The molecule has 66 valence electrons. The van der Waals surface area contributed by atoms with Crippen LogP contribution in [0.3, 0.4) is 0 Å². The standard InChI is InChI=1S/C11H12N2/c1-8-4-11-5-9(6-12)2-3-10(11)7-13-8/h2-5,7H,6,12H2,1H3. The number of benzene rings is 1. The molecule has 0 saturated heterocycles. The van der Waals surface area contributed by atoms with Crippen LogP contribution in [0.25, 0.3) is 10.8 Å². The average molecular weight is 172 g/mol. The number of rotatable bonds is 1. The number of nitrogens with two attached hydrogens (primary N) is 1. The topological polar surface area (TPSA) is 38.9 Å². The Morgan fingerprint density at radius 1 is 1.23 bits per heavy atom. The zero-order chi connectivity index (χ0) is 9.26. The van der Waals surface area contributed by atoms with Gasteiger partial charge in [-0.3, -0.25) is 4.98 Å². The first-order valence-electron chi connectivity index (χ1n) is 4.35. The summed E-state index contributed by atoms with van der Waals surface area (Å²) in [6.45, 7) is 2.59. The predicted octanol–water partition coefficient (Wildman–Crippen LogP) is 2.00. The highest BCUT2D eigenvalue weighted by molar-refractivity contribution is 5.82. The molecule has 0 aliphatic heterocycles. The maximum atomic E-state index is 5.56. The molecule has 13 heavy (non-hydrogen) atoms. The van der Waals surface area contributed by atoms with Crippen molar-refractivity contribution in [1.82, 2.24) is 4.98 Å². The van der Waals surface area contributed by atoms with Crippen molar-refractivity contribution >= 4 is 10.8 Å². The fourth-order valence-electron chi connectivity index (χ4n) is 1.43. The third-order valence-corrected chi connectivity index (χ3v) is 2.16. The Morgan fingerprint density at radius 2 is 2.08 bits per heavy atom. The lowest BCUT2D eigenvalue weighted by atomic mass is 10.1. The van der Waals surface area contributed by atoms with Gasteiger partial charge in [0.2, 0.25) is 0 Å². The van der Waals surface area contributed by atoms with Crippen molar-refractivity contribution in [3.8, 4) is 0 Å². The van der Waals surface area contributed by atoms with Gasteiger partial charge in [-0.2, -0.15) is 0 Å². The highest BCUT2D eigenvalue weighted by Crippen LogP contribution is 2.15. The summed E-state index contributed by atoms with van der Waals surface area (Å²) in [5, 5.41) is 2.39. The Bertz CT molecular complexity index is 435. The zero-order valence-corrected chi connectivity index (χ0v) is 7.62. The normalized spacial score (nSPS) is 10.6. The molecule has 1 aromatic heterocycles. The molecule has 0 saturated carbocycles. The second-order valence-corrected chi connectivity index (χ2v) is 3.21. The number of hydrogen-bond acceptors (Lipinski definition) is 2. The minimum Gasteiger partial charge on any atom is -0.326 e. The van der Waals surface area contributed by atoms with Gasteiger partial charge in [0.15, 0.2) is 0 Å². The number of hydrogen-bond donors (Lipinski definition) is 1. The van der Waals surface area contributed by atoms with Crippen molar-refractivity contribution in [3.05, 3.63) is 41.7 Å². The number of nitrogens with zero attached hydrogens (tertiary/aromatic N) is 1. The highest BCUT2D eigenvalue weighted by atomic mass is 14.6. The lowest BCUT2D eigenvalue weighted by molar-refractivity contribution is 1.07. The van der Waals surface area contributed by atoms with E-state index in [2.05, 4.69) is 23.2 Å². The van der Waals surface area contributed by atoms with Crippen LogP contribution < -0.4 is 5.73 Å². The molecule has 0 fully saturated rings. The van der Waals surface area contributed by atoms with E-state index in [1.807, 2.05) is 19.2 Å². The number of pyridine rings is 1. The monoisotopic (exact) mass is 172 g/mol. The van der Waals surface area contributed by atoms with E-state index in [1.165, 1.54) is 10.8 Å². The second-order valence-electron chi connectivity index (χ2n) is 3.21. The predicted molar refractivity (Wildman–Crippen MR) is 54.4 cm³/mol. The Morgan fingerprint density at radius 3 is 2.85 bits per heavy atom. The third kappa shape index (κ3) is 1.53. The molecule has 0 amide bonds. The van der Waals surface area contributed by atoms with Crippen LogP contribution in [-0.2, 0) is 6.54 Å². The fourth-order valence-corrected chi connectivity index (χ4v) is 1.43. The Kier molecular flexibility index (Phi) is 1.99. The summed E-state index contributed by atoms with van der Waals surface area (Å²) in [6, 6.07) is 8.29. The summed E-state index contributed by atoms with van der Waals surface area (Å²) >= 11 is 0. The summed E-state index contributed by atoms with van der Waals surface area (Å²) in [6.07, 6.45) is 1.89. The molecule has 2 N–H and O–H groups in total. The van der Waals surface area contributed by atoms with E-state index in [0.29, 0.717) is 6.54 Å². The molecule has 0 spiro atoms. The Hall–Kier alpha value is -1.41. The van der Waals surface area contributed by atoms with Gasteiger partial charge in [-0.1, -0.05) is 12.1 Å². The molecule has 1 aromatic carbocycles. The van der Waals surface area contributed by atoms with Gasteiger partial charge < -0.3 is 5.73 Å². The van der Waals surface area contributed by atoms with Gasteiger partial charge in [0.25, 0.3) is 0 Å². The Balaban J connectivity index is 2.68. The van der Waals surface area contributed by atoms with Crippen molar-refractivity contribution in [3.63, 3.8) is 0 Å². The molecule has 0 aliphatic rings. The quantitative estimate of drug-likeness (QED) is 0.714. The van der Waals surface area contributed by atoms with Gasteiger partial charge in [-0.05, 0) is 30.0 Å². The van der Waals surface area contributed by atoms with Crippen molar-refractivity contribution in [1.29, 1.82) is 0 Å². The number of aromatic nitrogens is 1. The lowest BCUT2D eigenvalue weighted by Gasteiger charge is -2.01. The van der Waals surface area contributed by atoms with E-state index in [0.717, 1.165) is 11.3 Å². The number of aryl methyl sites for hydroxylation is 1. The van der Waals surface area contributed by atoms with Crippen molar-refractivity contribution in [2.75, 3.05) is 0 Å². The first-order chi connectivity index (χ1) is 6.29. The molecule has 0 bridgehead atoms. The maximum absolute atomic E-state index is 5.56. The van der Waals surface area contributed by atoms with Crippen LogP contribution in [0.5, 0.6) is 0 Å². The first-order valence-corrected chi connectivity index (χ1v) is 4.35. The van der Waals surface area contributed by atoms with Crippen molar-refractivity contribution in [2.24, 2.45) is 5.73 Å². The van der Waals surface area contributed by atoms with Crippen molar-refractivity contribution in [2.45, 2.75) is 13.5 Å². The smallest absolute Gasteiger partial charge is 0.0379 e. The van der Waals surface area contributed by atoms with E-state index in [9.17, 15) is 0 Å². The largest absolute Gasteiger partial charge is 0.326 e. The van der Waals surface area contributed by atoms with Crippen LogP contribution in [0.4, 0.5) is 0 Å². The molecule has 0 unspecified atom stereocenters. The average Bonchev–Trinajstić information content (AvgIpc) is 2.16. The molecular weight excluding hydrogens is 160 g/mol. The molecule has 2 nitrogen and oxygen atoms in total. The van der Waals surface area contributed by atoms with E-state index in [4.69, 9.17) is 5.73 Å². The first kappa shape index (κ1) is 8.20. The molecule has 0 atom stereocenters. The molecule has 0 radical (unpaired) electrons. The molecule has 2 rings (SSSR count). The van der Waals surface area contributed by atoms with Crippen LogP contribution >= 0.6 is 0 Å². The molecule has 1 heterocycles. The summed E-state index contributed by atoms with van der Waals surface area (Å²) in [5.74, 6) is 0. The third-order valence-electron chi connectivity index (χ3n) is 2.16. The summed E-state index contributed by atoms with van der Waals surface area (Å²) < 4.78 is 0. The Labute approximate surface area is 77.4 Å². The van der Waals surface area contributed by atoms with Crippen LogP contribution in [0.1, 0.15) is 11.3 Å². The minimum absolute atomic E-state index is 0.595. The molecule has 2 heteroatoms. The van der Waals surface area contributed by atoms with Crippen LogP contribution in [0, 0.1) is 6.92 Å². The van der Waals surface area contributed by atoms with E-state index in [-0.39, 0.29) is 0 Å². The van der Waals surface area contributed by atoms with Gasteiger partial charge in [-0.25, -0.2) is 0 Å². The van der Waals surface area contributed by atoms with Gasteiger partial charge in [0.05, 0.1) is 0 Å². The van der Waals surface area contributed by atoms with Crippen LogP contribution in [0.15, 0.2) is 30.5 Å². The SMILES string of the molecule is Cc1cc2cc(CN)ccc2cn1. The molecule has 0 aliphatic carbocycles. The van der Waals surface area contributed by atoms with Gasteiger partial charge in [0, 0.05) is 23.8 Å². The molecule has 2 aromatic rings. The van der Waals surface area contributed by atoms with E-state index >= 15 is 0 Å². The van der Waals surface area contributed by atoms with Crippen LogP contribution in [-0.4, -0.2) is 4.98 Å². The summed E-state index contributed by atoms with van der Waals surface area (Å²) in [7, 11) is 0. The minimum atomic E-state index is 0.595. The van der Waals surface area contributed by atoms with E-state index < -0.39 is 0 Å². The lowest BCUT2D eigenvalue weighted by Crippen LogP contribution is -1.95. The number of fused-ring (bicyclic) bond motifs is 1. The zero-order valence-electron chi connectivity index (χ0n) is 7.62. The van der Waals surface area contributed by atoms with Crippen LogP contribution in [0.2, 0.25) is 0 Å². The fraction of sp³-hybridized carbons (Fsp3) is 0.182. The van der Waals surface area contributed by atoms with Gasteiger partial charge >= 0.3 is 0 Å². The van der Waals surface area contributed by atoms with E-state index in [1.54, 1.807) is 0 Å². The van der Waals surface area contributed by atoms with Gasteiger partial charge in [-0.15, -0.1) is 0 Å². The summed E-state index contributed by atoms with van der Waals surface area (Å²) in [5.41, 5.74) is 7.77. The van der Waals surface area contributed by atoms with Gasteiger partial charge in [0.1, 0.15) is 0 Å². The maximum Gasteiger partial charge on any atom is 0.0379 e. The summed E-state index contributed by atoms with van der Waals surface area (Å²) in [4.78, 5) is 4.23. The highest BCUT2D eigenvalue weighted by Gasteiger charge is 1.95. The second kappa shape index (κ2) is 3.15. The molecular formula is C11H12N2. The van der Waals surface area contributed by atoms with Crippen molar-refractivity contribution < 1.29 is 0 Å².